The Kier molecular flexibility index (Phi) is 7.26. The second kappa shape index (κ2) is 9.67. The molecule has 0 saturated heterocycles. The van der Waals surface area contributed by atoms with E-state index in [2.05, 4.69) is 0 Å². The molecule has 0 aromatic heterocycles. The maximum absolute atomic E-state index is 12.1. The van der Waals surface area contributed by atoms with Crippen LogP contribution in [0.3, 0.4) is 0 Å². The fourth-order valence-electron chi connectivity index (χ4n) is 3.54. The molecule has 0 amide bonds. The number of non-ortho nitro benzene ring substituents is 2. The maximum Gasteiger partial charge on any atom is 0.279 e. The average Bonchev–Trinajstić information content (AvgIpc) is 2.72. The van der Waals surface area contributed by atoms with Gasteiger partial charge in [-0.25, -0.2) is 5.11 Å². The van der Waals surface area contributed by atoms with Crippen molar-refractivity contribution in [2.45, 2.75) is 31.6 Å². The summed E-state index contributed by atoms with van der Waals surface area (Å²) < 4.78 is 0. The normalized spacial score (nSPS) is 12.7. The first-order valence-corrected chi connectivity index (χ1v) is 9.05. The van der Waals surface area contributed by atoms with E-state index in [0.717, 1.165) is 30.3 Å². The highest BCUT2D eigenvalue weighted by atomic mass is 16.6. The second-order valence-corrected chi connectivity index (χ2v) is 6.68. The minimum Gasteiger partial charge on any atom is -0.258 e. The van der Waals surface area contributed by atoms with Gasteiger partial charge in [0, 0.05) is 35.1 Å². The summed E-state index contributed by atoms with van der Waals surface area (Å²) in [6.07, 6.45) is 0.676. The lowest BCUT2D eigenvalue weighted by atomic mass is 9.78. The van der Waals surface area contributed by atoms with E-state index in [1.165, 1.54) is 6.07 Å². The highest BCUT2D eigenvalue weighted by molar-refractivity contribution is 5.55. The van der Waals surface area contributed by atoms with Crippen molar-refractivity contribution in [3.05, 3.63) is 88.0 Å². The Hall–Kier alpha value is -4.00. The van der Waals surface area contributed by atoms with Crippen LogP contribution in [0.1, 0.15) is 42.7 Å². The Morgan fingerprint density at radius 1 is 0.710 bits per heavy atom. The molecule has 0 aliphatic heterocycles. The number of benzene rings is 2. The number of rotatable bonds is 10. The van der Waals surface area contributed by atoms with Gasteiger partial charge in [0.2, 0.25) is 0 Å². The van der Waals surface area contributed by atoms with Crippen molar-refractivity contribution in [1.82, 2.24) is 0 Å². The topological polar surface area (TPSA) is 192 Å². The van der Waals surface area contributed by atoms with E-state index in [0.29, 0.717) is 6.42 Å². The molecule has 0 fully saturated rings. The molecular weight excluding hydrogens is 416 g/mol. The van der Waals surface area contributed by atoms with Gasteiger partial charge in [0.15, 0.2) is 0 Å². The molecular formula is C18H17N4O9. The van der Waals surface area contributed by atoms with Crippen LogP contribution in [0.2, 0.25) is 0 Å². The van der Waals surface area contributed by atoms with Gasteiger partial charge >= 0.3 is 0 Å². The van der Waals surface area contributed by atoms with Crippen LogP contribution >= 0.6 is 0 Å². The molecule has 0 aliphatic rings. The van der Waals surface area contributed by atoms with E-state index in [9.17, 15) is 45.6 Å². The largest absolute Gasteiger partial charge is 0.279 e. The predicted octanol–water partition coefficient (Wildman–Crippen LogP) is 4.42. The van der Waals surface area contributed by atoms with E-state index >= 15 is 0 Å². The summed E-state index contributed by atoms with van der Waals surface area (Å²) in [5.41, 5.74) is -2.31. The molecule has 0 spiro atoms. The van der Waals surface area contributed by atoms with Crippen LogP contribution in [-0.4, -0.2) is 26.3 Å². The third kappa shape index (κ3) is 4.95. The lowest BCUT2D eigenvalue weighted by Crippen LogP contribution is -2.18. The Morgan fingerprint density at radius 2 is 1.13 bits per heavy atom. The number of nitro benzene ring substituents is 4. The smallest absolute Gasteiger partial charge is 0.258 e. The monoisotopic (exact) mass is 433 g/mol. The zero-order valence-corrected chi connectivity index (χ0v) is 16.2. The van der Waals surface area contributed by atoms with Gasteiger partial charge < -0.3 is 0 Å². The number of hydrogen-bond donors (Lipinski definition) is 0. The van der Waals surface area contributed by atoms with Crippen LogP contribution < -0.4 is 0 Å². The maximum atomic E-state index is 12.1. The Balaban J connectivity index is 2.71. The number of hydrogen-bond acceptors (Lipinski definition) is 8. The molecule has 2 rings (SSSR count). The van der Waals surface area contributed by atoms with E-state index in [1.807, 2.05) is 0 Å². The standard InChI is InChI=1S/C18H17N4O9/c1-2-3-13(14-6-4-11(19(24)25)8-17(14)21(28)29)16(10-23)15-7-5-12(20(26)27)9-18(15)22(30)31/h4-9,13,16H,2-3,10H2,1H3. The van der Waals surface area contributed by atoms with E-state index in [4.69, 9.17) is 0 Å². The molecule has 2 unspecified atom stereocenters. The highest BCUT2D eigenvalue weighted by Gasteiger charge is 2.35. The van der Waals surface area contributed by atoms with Crippen molar-refractivity contribution in [3.63, 3.8) is 0 Å². The first kappa shape index (κ1) is 23.3. The van der Waals surface area contributed by atoms with E-state index in [1.54, 1.807) is 6.92 Å². The first-order valence-electron chi connectivity index (χ1n) is 9.05. The van der Waals surface area contributed by atoms with Crippen LogP contribution in [0.25, 0.3) is 0 Å². The van der Waals surface area contributed by atoms with Crippen LogP contribution in [0.15, 0.2) is 36.4 Å². The van der Waals surface area contributed by atoms with E-state index in [-0.39, 0.29) is 17.5 Å². The molecule has 2 aromatic carbocycles. The van der Waals surface area contributed by atoms with Crippen LogP contribution in [0.4, 0.5) is 22.7 Å². The molecule has 0 saturated carbocycles. The van der Waals surface area contributed by atoms with Gasteiger partial charge in [-0.05, 0) is 18.6 Å². The molecule has 13 nitrogen and oxygen atoms in total. The van der Waals surface area contributed by atoms with Gasteiger partial charge in [-0.2, -0.15) is 0 Å². The molecule has 163 valence electrons. The zero-order chi connectivity index (χ0) is 23.3. The Morgan fingerprint density at radius 3 is 1.45 bits per heavy atom. The summed E-state index contributed by atoms with van der Waals surface area (Å²) in [4.78, 5) is 41.8. The SMILES string of the molecule is CCCC(c1ccc([N+](=O)[O-])cc1[N+](=O)[O-])C(C[O])c1ccc([N+](=O)[O-])cc1[N+](=O)[O-]. The van der Waals surface area contributed by atoms with Gasteiger partial charge in [0.1, 0.15) is 0 Å². The quantitative estimate of drug-likeness (QED) is 0.388. The summed E-state index contributed by atoms with van der Waals surface area (Å²) in [5, 5.41) is 57.2. The summed E-state index contributed by atoms with van der Waals surface area (Å²) >= 11 is 0. The van der Waals surface area contributed by atoms with Crippen molar-refractivity contribution >= 4 is 22.7 Å². The number of nitrogens with zero attached hydrogens (tertiary/aromatic N) is 4. The van der Waals surface area contributed by atoms with Gasteiger partial charge in [0.05, 0.1) is 38.4 Å². The van der Waals surface area contributed by atoms with Crippen molar-refractivity contribution in [2.75, 3.05) is 6.61 Å². The van der Waals surface area contributed by atoms with Gasteiger partial charge in [-0.1, -0.05) is 13.3 Å². The zero-order valence-electron chi connectivity index (χ0n) is 16.2. The molecule has 2 aromatic rings. The third-order valence-corrected chi connectivity index (χ3v) is 4.91. The fourth-order valence-corrected chi connectivity index (χ4v) is 3.54. The molecule has 0 heterocycles. The summed E-state index contributed by atoms with van der Waals surface area (Å²) in [5.74, 6) is -2.00. The third-order valence-electron chi connectivity index (χ3n) is 4.91. The average molecular weight is 433 g/mol. The summed E-state index contributed by atoms with van der Waals surface area (Å²) in [6, 6.07) is 5.90. The molecule has 31 heavy (non-hydrogen) atoms. The van der Waals surface area contributed by atoms with Crippen molar-refractivity contribution < 1.29 is 24.8 Å². The Bertz CT molecular complexity index is 1040. The van der Waals surface area contributed by atoms with Crippen molar-refractivity contribution in [3.8, 4) is 0 Å². The van der Waals surface area contributed by atoms with Gasteiger partial charge in [-0.3, -0.25) is 40.5 Å². The second-order valence-electron chi connectivity index (χ2n) is 6.68. The molecule has 0 bridgehead atoms. The predicted molar refractivity (Wildman–Crippen MR) is 105 cm³/mol. The Labute approximate surface area is 174 Å². The van der Waals surface area contributed by atoms with Crippen LogP contribution in [-0.2, 0) is 5.11 Å². The summed E-state index contributed by atoms with van der Waals surface area (Å²) in [7, 11) is 0. The molecule has 1 radical (unpaired) electrons. The molecule has 0 aliphatic carbocycles. The lowest BCUT2D eigenvalue weighted by molar-refractivity contribution is -0.395. The first-order chi connectivity index (χ1) is 14.6. The lowest BCUT2D eigenvalue weighted by Gasteiger charge is -2.25. The number of nitro groups is 4. The van der Waals surface area contributed by atoms with Gasteiger partial charge in [-0.15, -0.1) is 0 Å². The van der Waals surface area contributed by atoms with Crippen LogP contribution in [0, 0.1) is 40.5 Å². The minimum absolute atomic E-state index is 0.0333. The van der Waals surface area contributed by atoms with E-state index < -0.39 is 60.9 Å². The summed E-state index contributed by atoms with van der Waals surface area (Å²) in [6.45, 7) is 0.855. The molecule has 2 atom stereocenters. The molecule has 0 N–H and O–H groups in total. The van der Waals surface area contributed by atoms with Crippen molar-refractivity contribution in [1.29, 1.82) is 0 Å². The van der Waals surface area contributed by atoms with Gasteiger partial charge in [0.25, 0.3) is 22.7 Å². The minimum atomic E-state index is -1.12. The van der Waals surface area contributed by atoms with Crippen molar-refractivity contribution in [2.24, 2.45) is 0 Å². The highest BCUT2D eigenvalue weighted by Crippen LogP contribution is 2.44. The van der Waals surface area contributed by atoms with Crippen LogP contribution in [0.5, 0.6) is 0 Å². The fraction of sp³-hybridized carbons (Fsp3) is 0.333. The molecule has 13 heteroatoms.